The Morgan fingerprint density at radius 2 is 2.20 bits per heavy atom. The van der Waals surface area contributed by atoms with Gasteiger partial charge < -0.3 is 0 Å². The van der Waals surface area contributed by atoms with Crippen molar-refractivity contribution in [2.45, 2.75) is 39.5 Å². The van der Waals surface area contributed by atoms with Crippen molar-refractivity contribution in [3.8, 4) is 0 Å². The fraction of sp³-hybridized carbons (Fsp3) is 0.615. The first kappa shape index (κ1) is 10.9. The van der Waals surface area contributed by atoms with Gasteiger partial charge in [-0.25, -0.2) is 0 Å². The Morgan fingerprint density at radius 1 is 1.40 bits per heavy atom. The first-order valence-corrected chi connectivity index (χ1v) is 6.59. The van der Waals surface area contributed by atoms with Crippen LogP contribution in [0.25, 0.3) is 0 Å². The summed E-state index contributed by atoms with van der Waals surface area (Å²) >= 11 is 1.64. The van der Waals surface area contributed by atoms with Crippen molar-refractivity contribution in [3.05, 3.63) is 21.9 Å². The number of Topliss-reactive ketones (excluding diaryl/α,β-unsaturated/α-hetero) is 1. The minimum absolute atomic E-state index is 0.298. The molecule has 82 valence electrons. The number of carbonyl (C=O) groups is 1. The molecule has 0 radical (unpaired) electrons. The molecule has 15 heavy (non-hydrogen) atoms. The Bertz CT molecular complexity index is 353. The summed E-state index contributed by atoms with van der Waals surface area (Å²) in [4.78, 5) is 14.4. The normalized spacial score (nSPS) is 26.5. The molecule has 1 heterocycles. The summed E-state index contributed by atoms with van der Waals surface area (Å²) < 4.78 is 0. The first-order valence-electron chi connectivity index (χ1n) is 5.77. The van der Waals surface area contributed by atoms with Gasteiger partial charge in [0, 0.05) is 10.8 Å². The summed E-state index contributed by atoms with van der Waals surface area (Å²) in [7, 11) is 0. The lowest BCUT2D eigenvalue weighted by atomic mass is 9.80. The Kier molecular flexibility index (Phi) is 3.25. The van der Waals surface area contributed by atoms with Crippen LogP contribution < -0.4 is 0 Å². The molecule has 0 amide bonds. The van der Waals surface area contributed by atoms with Crippen LogP contribution in [0.2, 0.25) is 0 Å². The van der Waals surface area contributed by atoms with Crippen LogP contribution in [0.1, 0.15) is 47.2 Å². The summed E-state index contributed by atoms with van der Waals surface area (Å²) in [6.07, 6.45) is 4.71. The lowest BCUT2D eigenvalue weighted by molar-refractivity contribution is 0.0872. The third-order valence-electron chi connectivity index (χ3n) is 3.29. The number of rotatable bonds is 2. The molecule has 2 rings (SSSR count). The van der Waals surface area contributed by atoms with Gasteiger partial charge in [0.1, 0.15) is 0 Å². The molecule has 0 spiro atoms. The predicted molar refractivity (Wildman–Crippen MR) is 64.5 cm³/mol. The van der Waals surface area contributed by atoms with Gasteiger partial charge in [-0.1, -0.05) is 19.8 Å². The van der Waals surface area contributed by atoms with E-state index < -0.39 is 0 Å². The average molecular weight is 222 g/mol. The first-order chi connectivity index (χ1) is 7.16. The lowest BCUT2D eigenvalue weighted by Gasteiger charge is -2.25. The Hall–Kier alpha value is -0.630. The Morgan fingerprint density at radius 3 is 2.80 bits per heavy atom. The van der Waals surface area contributed by atoms with E-state index in [2.05, 4.69) is 13.8 Å². The van der Waals surface area contributed by atoms with E-state index in [0.717, 1.165) is 23.6 Å². The molecule has 1 aromatic rings. The van der Waals surface area contributed by atoms with Gasteiger partial charge in [0.05, 0.1) is 4.88 Å². The molecule has 1 saturated carbocycles. The second kappa shape index (κ2) is 4.48. The van der Waals surface area contributed by atoms with Gasteiger partial charge >= 0.3 is 0 Å². The largest absolute Gasteiger partial charge is 0.293 e. The third kappa shape index (κ3) is 2.49. The van der Waals surface area contributed by atoms with Crippen molar-refractivity contribution in [2.75, 3.05) is 0 Å². The van der Waals surface area contributed by atoms with Gasteiger partial charge in [0.15, 0.2) is 5.78 Å². The SMILES string of the molecule is Cc1ccc(C(=O)C2CCCC(C)C2)s1. The molecule has 0 saturated heterocycles. The summed E-state index contributed by atoms with van der Waals surface area (Å²) in [5, 5.41) is 0. The van der Waals surface area contributed by atoms with Crippen LogP contribution in [0, 0.1) is 18.8 Å². The second-order valence-corrected chi connectivity index (χ2v) is 6.03. The molecule has 2 unspecified atom stereocenters. The molecule has 1 nitrogen and oxygen atoms in total. The van der Waals surface area contributed by atoms with Crippen LogP contribution in [-0.4, -0.2) is 5.78 Å². The van der Waals surface area contributed by atoms with Gasteiger partial charge in [0.2, 0.25) is 0 Å². The minimum Gasteiger partial charge on any atom is -0.293 e. The highest BCUT2D eigenvalue weighted by molar-refractivity contribution is 7.14. The van der Waals surface area contributed by atoms with Crippen LogP contribution in [0.15, 0.2) is 12.1 Å². The summed E-state index contributed by atoms with van der Waals surface area (Å²) in [6.45, 7) is 4.32. The molecular formula is C13H18OS. The van der Waals surface area contributed by atoms with E-state index in [0.29, 0.717) is 11.7 Å². The fourth-order valence-electron chi connectivity index (χ4n) is 2.44. The minimum atomic E-state index is 0.298. The molecule has 0 aliphatic heterocycles. The molecule has 0 bridgehead atoms. The summed E-state index contributed by atoms with van der Waals surface area (Å²) in [5.41, 5.74) is 0. The van der Waals surface area contributed by atoms with Crippen LogP contribution in [0.5, 0.6) is 0 Å². The fourth-order valence-corrected chi connectivity index (χ4v) is 3.33. The zero-order valence-electron chi connectivity index (χ0n) is 9.45. The van der Waals surface area contributed by atoms with E-state index in [-0.39, 0.29) is 0 Å². The van der Waals surface area contributed by atoms with Crippen LogP contribution >= 0.6 is 11.3 Å². The molecule has 1 aliphatic carbocycles. The molecule has 0 N–H and O–H groups in total. The molecule has 2 atom stereocenters. The van der Waals surface area contributed by atoms with Crippen LogP contribution in [0.4, 0.5) is 0 Å². The molecule has 1 aliphatic rings. The van der Waals surface area contributed by atoms with Crippen molar-refractivity contribution in [1.29, 1.82) is 0 Å². The highest BCUT2D eigenvalue weighted by atomic mass is 32.1. The second-order valence-electron chi connectivity index (χ2n) is 4.74. The van der Waals surface area contributed by atoms with Gasteiger partial charge in [-0.05, 0) is 37.8 Å². The molecular weight excluding hydrogens is 204 g/mol. The Balaban J connectivity index is 2.07. The highest BCUT2D eigenvalue weighted by Gasteiger charge is 2.26. The number of aryl methyl sites for hydroxylation is 1. The van der Waals surface area contributed by atoms with E-state index in [4.69, 9.17) is 0 Å². The average Bonchev–Trinajstić information content (AvgIpc) is 2.64. The van der Waals surface area contributed by atoms with E-state index >= 15 is 0 Å². The summed E-state index contributed by atoms with van der Waals surface area (Å²) in [6, 6.07) is 4.03. The Labute approximate surface area is 95.5 Å². The maximum Gasteiger partial charge on any atom is 0.175 e. The van der Waals surface area contributed by atoms with Gasteiger partial charge in [-0.3, -0.25) is 4.79 Å². The standard InChI is InChI=1S/C13H18OS/c1-9-4-3-5-11(8-9)13(14)12-7-6-10(2)15-12/h6-7,9,11H,3-5,8H2,1-2H3. The lowest BCUT2D eigenvalue weighted by Crippen LogP contribution is -2.21. The molecule has 0 aromatic carbocycles. The summed E-state index contributed by atoms with van der Waals surface area (Å²) in [5.74, 6) is 1.42. The number of carbonyl (C=O) groups excluding carboxylic acids is 1. The topological polar surface area (TPSA) is 17.1 Å². The number of hydrogen-bond acceptors (Lipinski definition) is 2. The molecule has 1 aromatic heterocycles. The van der Waals surface area contributed by atoms with Gasteiger partial charge in [-0.15, -0.1) is 11.3 Å². The highest BCUT2D eigenvalue weighted by Crippen LogP contribution is 2.32. The number of ketones is 1. The quantitative estimate of drug-likeness (QED) is 0.689. The van der Waals surface area contributed by atoms with E-state index in [1.54, 1.807) is 11.3 Å². The number of thiophene rings is 1. The number of hydrogen-bond donors (Lipinski definition) is 0. The van der Waals surface area contributed by atoms with Gasteiger partial charge in [-0.2, -0.15) is 0 Å². The third-order valence-corrected chi connectivity index (χ3v) is 4.31. The van der Waals surface area contributed by atoms with Crippen LogP contribution in [-0.2, 0) is 0 Å². The zero-order chi connectivity index (χ0) is 10.8. The van der Waals surface area contributed by atoms with Crippen LogP contribution in [0.3, 0.4) is 0 Å². The van der Waals surface area contributed by atoms with Crippen molar-refractivity contribution < 1.29 is 4.79 Å². The maximum absolute atomic E-state index is 12.2. The van der Waals surface area contributed by atoms with Gasteiger partial charge in [0.25, 0.3) is 0 Å². The maximum atomic E-state index is 12.2. The molecule has 2 heteroatoms. The van der Waals surface area contributed by atoms with E-state index in [1.807, 2.05) is 12.1 Å². The zero-order valence-corrected chi connectivity index (χ0v) is 10.3. The van der Waals surface area contributed by atoms with Crippen molar-refractivity contribution >= 4 is 17.1 Å². The van der Waals surface area contributed by atoms with E-state index in [1.165, 1.54) is 17.7 Å². The smallest absolute Gasteiger partial charge is 0.175 e. The van der Waals surface area contributed by atoms with E-state index in [9.17, 15) is 4.79 Å². The molecule has 1 fully saturated rings. The van der Waals surface area contributed by atoms with Crippen molar-refractivity contribution in [3.63, 3.8) is 0 Å². The van der Waals surface area contributed by atoms with Crippen molar-refractivity contribution in [2.24, 2.45) is 11.8 Å². The monoisotopic (exact) mass is 222 g/mol. The predicted octanol–water partition coefficient (Wildman–Crippen LogP) is 4.07. The van der Waals surface area contributed by atoms with Crippen molar-refractivity contribution in [1.82, 2.24) is 0 Å².